The van der Waals surface area contributed by atoms with Gasteiger partial charge in [0.05, 0.1) is 0 Å². The number of nitrogens with zero attached hydrogens (tertiary/aromatic N) is 1. The van der Waals surface area contributed by atoms with E-state index in [1.165, 1.54) is 6.21 Å². The highest BCUT2D eigenvalue weighted by Gasteiger charge is 2.36. The van der Waals surface area contributed by atoms with E-state index in [1.54, 1.807) is 12.1 Å². The zero-order chi connectivity index (χ0) is 18.3. The van der Waals surface area contributed by atoms with E-state index >= 15 is 0 Å². The Labute approximate surface area is 161 Å². The second kappa shape index (κ2) is 9.15. The van der Waals surface area contributed by atoms with Gasteiger partial charge in [-0.25, -0.2) is 14.9 Å². The Morgan fingerprint density at radius 2 is 1.64 bits per heavy atom. The van der Waals surface area contributed by atoms with E-state index in [1.807, 2.05) is 48.5 Å². The van der Waals surface area contributed by atoms with E-state index in [0.29, 0.717) is 0 Å². The molecule has 2 rings (SSSR count). The third kappa shape index (κ3) is 7.08. The summed E-state index contributed by atoms with van der Waals surface area (Å²) in [6.07, 6.45) is -0.240. The minimum absolute atomic E-state index is 0.254. The second-order valence-corrected chi connectivity index (χ2v) is 9.45. The molecule has 0 heterocycles. The SMILES string of the molecule is O=P(N=Cc1ccccc1)(NCc1ccccc1)NC(O)C(Cl)(Cl)Cl. The van der Waals surface area contributed by atoms with Gasteiger partial charge in [-0.3, -0.25) is 4.57 Å². The van der Waals surface area contributed by atoms with Crippen LogP contribution in [-0.2, 0) is 11.1 Å². The predicted molar refractivity (Wildman–Crippen MR) is 104 cm³/mol. The van der Waals surface area contributed by atoms with Gasteiger partial charge in [0.15, 0.2) is 6.23 Å². The fourth-order valence-electron chi connectivity index (χ4n) is 1.84. The molecule has 9 heteroatoms. The molecule has 134 valence electrons. The van der Waals surface area contributed by atoms with Crippen molar-refractivity contribution in [3.05, 3.63) is 71.8 Å². The van der Waals surface area contributed by atoms with Crippen LogP contribution in [0.15, 0.2) is 65.4 Å². The molecule has 5 nitrogen and oxygen atoms in total. The summed E-state index contributed by atoms with van der Waals surface area (Å²) in [6, 6.07) is 18.4. The van der Waals surface area contributed by atoms with Crippen molar-refractivity contribution in [2.75, 3.05) is 0 Å². The molecule has 0 bridgehead atoms. The molecule has 0 aliphatic rings. The molecule has 0 spiro atoms. The summed E-state index contributed by atoms with van der Waals surface area (Å²) in [5, 5.41) is 15.1. The summed E-state index contributed by atoms with van der Waals surface area (Å²) in [5.74, 6) is 0. The molecule has 0 amide bonds. The van der Waals surface area contributed by atoms with Crippen LogP contribution in [0.1, 0.15) is 11.1 Å². The van der Waals surface area contributed by atoms with E-state index in [0.717, 1.165) is 11.1 Å². The minimum Gasteiger partial charge on any atom is -0.374 e. The first-order valence-corrected chi connectivity index (χ1v) is 10.1. The Bertz CT molecular complexity index is 739. The summed E-state index contributed by atoms with van der Waals surface area (Å²) >= 11 is 16.9. The van der Waals surface area contributed by atoms with Gasteiger partial charge in [0.1, 0.15) is 0 Å². The number of rotatable bonds is 7. The van der Waals surface area contributed by atoms with Crippen molar-refractivity contribution in [3.8, 4) is 0 Å². The Kier molecular flexibility index (Phi) is 7.47. The van der Waals surface area contributed by atoms with Gasteiger partial charge >= 0.3 is 7.59 Å². The molecule has 0 fully saturated rings. The molecular formula is C16H17Cl3N3O2P. The topological polar surface area (TPSA) is 73.7 Å². The van der Waals surface area contributed by atoms with Gasteiger partial charge in [-0.2, -0.15) is 0 Å². The first-order chi connectivity index (χ1) is 11.8. The van der Waals surface area contributed by atoms with Crippen LogP contribution in [0, 0.1) is 0 Å². The number of alkyl halides is 3. The maximum atomic E-state index is 13.1. The van der Waals surface area contributed by atoms with Crippen LogP contribution < -0.4 is 10.2 Å². The Balaban J connectivity index is 2.17. The molecule has 0 radical (unpaired) electrons. The van der Waals surface area contributed by atoms with Crippen LogP contribution in [-0.4, -0.2) is 21.3 Å². The first-order valence-electron chi connectivity index (χ1n) is 7.31. The summed E-state index contributed by atoms with van der Waals surface area (Å²) in [4.78, 5) is 0. The zero-order valence-corrected chi connectivity index (χ0v) is 16.2. The fraction of sp³-hybridized carbons (Fsp3) is 0.188. The maximum absolute atomic E-state index is 13.1. The van der Waals surface area contributed by atoms with Crippen molar-refractivity contribution in [3.63, 3.8) is 0 Å². The number of halogens is 3. The largest absolute Gasteiger partial charge is 0.374 e. The zero-order valence-electron chi connectivity index (χ0n) is 13.0. The number of aliphatic hydroxyl groups is 1. The van der Waals surface area contributed by atoms with Crippen molar-refractivity contribution in [2.45, 2.75) is 16.6 Å². The average Bonchev–Trinajstić information content (AvgIpc) is 2.59. The number of hydrogen-bond donors (Lipinski definition) is 3. The van der Waals surface area contributed by atoms with Gasteiger partial charge in [0.25, 0.3) is 0 Å². The first kappa shape index (κ1) is 20.4. The van der Waals surface area contributed by atoms with Crippen molar-refractivity contribution in [2.24, 2.45) is 4.76 Å². The lowest BCUT2D eigenvalue weighted by Gasteiger charge is -2.24. The Hall–Kier alpha value is -0.910. The summed E-state index contributed by atoms with van der Waals surface area (Å²) < 4.78 is 15.1. The highest BCUT2D eigenvalue weighted by Crippen LogP contribution is 2.42. The number of benzene rings is 2. The summed E-state index contributed by atoms with van der Waals surface area (Å²) in [5.41, 5.74) is 1.64. The van der Waals surface area contributed by atoms with Crippen LogP contribution in [0.2, 0.25) is 0 Å². The molecular weight excluding hydrogens is 404 g/mol. The van der Waals surface area contributed by atoms with Gasteiger partial charge in [0, 0.05) is 12.8 Å². The molecule has 3 N–H and O–H groups in total. The van der Waals surface area contributed by atoms with Crippen LogP contribution >= 0.6 is 42.4 Å². The number of aliphatic hydroxyl groups excluding tert-OH is 1. The Morgan fingerprint density at radius 1 is 1.08 bits per heavy atom. The number of nitrogens with one attached hydrogen (secondary N) is 2. The number of hydrogen-bond acceptors (Lipinski definition) is 2. The van der Waals surface area contributed by atoms with E-state index in [9.17, 15) is 9.67 Å². The van der Waals surface area contributed by atoms with Gasteiger partial charge in [-0.15, -0.1) is 0 Å². The lowest BCUT2D eigenvalue weighted by Crippen LogP contribution is -2.40. The van der Waals surface area contributed by atoms with Crippen LogP contribution in [0.3, 0.4) is 0 Å². The molecule has 2 atom stereocenters. The summed E-state index contributed by atoms with van der Waals surface area (Å²) in [6.45, 7) is 0.254. The molecule has 25 heavy (non-hydrogen) atoms. The molecule has 0 aliphatic carbocycles. The van der Waals surface area contributed by atoms with Crippen molar-refractivity contribution >= 4 is 48.6 Å². The Morgan fingerprint density at radius 3 is 2.20 bits per heavy atom. The molecule has 0 aromatic heterocycles. The monoisotopic (exact) mass is 419 g/mol. The van der Waals surface area contributed by atoms with E-state index in [4.69, 9.17) is 34.8 Å². The molecule has 2 unspecified atom stereocenters. The van der Waals surface area contributed by atoms with Gasteiger partial charge in [-0.1, -0.05) is 95.5 Å². The smallest absolute Gasteiger partial charge is 0.326 e. The van der Waals surface area contributed by atoms with E-state index in [-0.39, 0.29) is 6.54 Å². The summed E-state index contributed by atoms with van der Waals surface area (Å²) in [7, 11) is -3.64. The molecule has 2 aromatic rings. The van der Waals surface area contributed by atoms with Crippen LogP contribution in [0.25, 0.3) is 0 Å². The third-order valence-corrected chi connectivity index (χ3v) is 5.36. The lowest BCUT2D eigenvalue weighted by atomic mass is 10.2. The molecule has 0 saturated heterocycles. The molecule has 0 saturated carbocycles. The van der Waals surface area contributed by atoms with E-state index < -0.39 is 17.6 Å². The molecule has 0 aliphatic heterocycles. The van der Waals surface area contributed by atoms with Crippen molar-refractivity contribution < 1.29 is 9.67 Å². The van der Waals surface area contributed by atoms with Crippen molar-refractivity contribution in [1.82, 2.24) is 10.2 Å². The third-order valence-electron chi connectivity index (χ3n) is 3.12. The average molecular weight is 421 g/mol. The highest BCUT2D eigenvalue weighted by atomic mass is 35.6. The lowest BCUT2D eigenvalue weighted by molar-refractivity contribution is 0.166. The second-order valence-electron chi connectivity index (χ2n) is 5.13. The van der Waals surface area contributed by atoms with Crippen molar-refractivity contribution in [1.29, 1.82) is 0 Å². The highest BCUT2D eigenvalue weighted by molar-refractivity contribution is 7.58. The van der Waals surface area contributed by atoms with E-state index in [2.05, 4.69) is 14.9 Å². The fourth-order valence-corrected chi connectivity index (χ4v) is 3.69. The van der Waals surface area contributed by atoms with Gasteiger partial charge < -0.3 is 5.11 Å². The standard InChI is InChI=1S/C16H17Cl3N3O2P/c17-16(18,19)15(23)22-25(24,20-11-13-7-3-1-4-8-13)21-12-14-9-5-2-6-10-14/h1-11,15,23H,12H2,(H2,21,22,24). The normalized spacial score (nSPS) is 15.8. The quantitative estimate of drug-likeness (QED) is 0.270. The van der Waals surface area contributed by atoms with Crippen LogP contribution in [0.5, 0.6) is 0 Å². The van der Waals surface area contributed by atoms with Gasteiger partial charge in [-0.05, 0) is 11.1 Å². The van der Waals surface area contributed by atoms with Gasteiger partial charge in [0.2, 0.25) is 3.79 Å². The predicted octanol–water partition coefficient (Wildman–Crippen LogP) is 4.28. The minimum atomic E-state index is -3.64. The maximum Gasteiger partial charge on any atom is 0.326 e. The molecule has 2 aromatic carbocycles. The van der Waals surface area contributed by atoms with Crippen LogP contribution in [0.4, 0.5) is 0 Å².